The molecule has 1 aromatic rings. The summed E-state index contributed by atoms with van der Waals surface area (Å²) in [5, 5.41) is 7.29. The summed E-state index contributed by atoms with van der Waals surface area (Å²) in [5.41, 5.74) is 1.78. The van der Waals surface area contributed by atoms with Crippen molar-refractivity contribution in [3.8, 4) is 0 Å². The van der Waals surface area contributed by atoms with Crippen LogP contribution >= 0.6 is 0 Å². The summed E-state index contributed by atoms with van der Waals surface area (Å²) >= 11 is 0. The zero-order valence-corrected chi connectivity index (χ0v) is 15.3. The van der Waals surface area contributed by atoms with Gasteiger partial charge in [0.25, 0.3) is 0 Å². The number of aliphatic imine (C=N–C) groups is 1. The molecular formula is C21H31N3O. The van der Waals surface area contributed by atoms with E-state index in [-0.39, 0.29) is 0 Å². The van der Waals surface area contributed by atoms with Crippen LogP contribution in [0.2, 0.25) is 0 Å². The third kappa shape index (κ3) is 3.17. The molecule has 0 radical (unpaired) electrons. The van der Waals surface area contributed by atoms with Gasteiger partial charge in [-0.15, -0.1) is 0 Å². The molecule has 1 aliphatic heterocycles. The molecule has 4 nitrogen and oxygen atoms in total. The lowest BCUT2D eigenvalue weighted by molar-refractivity contribution is -0.125. The second kappa shape index (κ2) is 7.36. The van der Waals surface area contributed by atoms with Crippen molar-refractivity contribution in [1.82, 2.24) is 10.6 Å². The van der Waals surface area contributed by atoms with Gasteiger partial charge in [0.1, 0.15) is 0 Å². The molecule has 1 saturated heterocycles. The molecule has 25 heavy (non-hydrogen) atoms. The summed E-state index contributed by atoms with van der Waals surface area (Å²) in [6, 6.07) is 11.2. The predicted octanol–water partition coefficient (Wildman–Crippen LogP) is 3.13. The van der Waals surface area contributed by atoms with Crippen LogP contribution in [-0.4, -0.2) is 38.3 Å². The Bertz CT molecular complexity index is 594. The number of nitrogens with zero attached hydrogens (tertiary/aromatic N) is 1. The summed E-state index contributed by atoms with van der Waals surface area (Å²) in [6.45, 7) is 1.90. The number of guanidine groups is 1. The van der Waals surface area contributed by atoms with Crippen molar-refractivity contribution in [2.75, 3.05) is 20.2 Å². The molecule has 3 unspecified atom stereocenters. The maximum absolute atomic E-state index is 6.08. The fraction of sp³-hybridized carbons (Fsp3) is 0.667. The van der Waals surface area contributed by atoms with E-state index >= 15 is 0 Å². The fourth-order valence-electron chi connectivity index (χ4n) is 5.39. The van der Waals surface area contributed by atoms with E-state index in [1.807, 2.05) is 7.05 Å². The van der Waals surface area contributed by atoms with Crippen LogP contribution in [0.1, 0.15) is 44.1 Å². The van der Waals surface area contributed by atoms with E-state index in [1.54, 1.807) is 0 Å². The molecule has 3 atom stereocenters. The lowest BCUT2D eigenvalue weighted by atomic mass is 9.54. The minimum absolute atomic E-state index is 0.378. The summed E-state index contributed by atoms with van der Waals surface area (Å²) in [6.07, 6.45) is 9.28. The van der Waals surface area contributed by atoms with Gasteiger partial charge in [-0.25, -0.2) is 0 Å². The highest BCUT2D eigenvalue weighted by molar-refractivity contribution is 5.80. The second-order valence-electron chi connectivity index (χ2n) is 7.89. The predicted molar refractivity (Wildman–Crippen MR) is 102 cm³/mol. The van der Waals surface area contributed by atoms with E-state index in [0.29, 0.717) is 23.5 Å². The first kappa shape index (κ1) is 16.9. The van der Waals surface area contributed by atoms with E-state index in [9.17, 15) is 0 Å². The summed E-state index contributed by atoms with van der Waals surface area (Å²) in [4.78, 5) is 4.48. The maximum Gasteiger partial charge on any atom is 0.191 e. The van der Waals surface area contributed by atoms with Crippen LogP contribution in [0.4, 0.5) is 0 Å². The van der Waals surface area contributed by atoms with Crippen LogP contribution in [0, 0.1) is 11.3 Å². The Hall–Kier alpha value is -1.55. The van der Waals surface area contributed by atoms with Gasteiger partial charge < -0.3 is 15.4 Å². The summed E-state index contributed by atoms with van der Waals surface area (Å²) in [7, 11) is 1.88. The number of nitrogens with one attached hydrogen (secondary N) is 2. The molecule has 0 bridgehead atoms. The molecule has 3 fully saturated rings. The lowest BCUT2D eigenvalue weighted by Gasteiger charge is -2.57. The molecular weight excluding hydrogens is 310 g/mol. The standard InChI is InChI=1S/C21H31N3O/c1-22-20(23-14-7-10-16-8-3-2-4-9-16)24-18-17-11-15-25-19(17)21(18)12-5-6-13-21/h2-4,8-9,17-19H,5-7,10-15H2,1H3,(H2,22,23,24). The zero-order valence-electron chi connectivity index (χ0n) is 15.3. The number of hydrogen-bond donors (Lipinski definition) is 2. The monoisotopic (exact) mass is 341 g/mol. The number of fused-ring (bicyclic) bond motifs is 2. The van der Waals surface area contributed by atoms with Crippen molar-refractivity contribution in [1.29, 1.82) is 0 Å². The van der Waals surface area contributed by atoms with Crippen molar-refractivity contribution in [3.05, 3.63) is 35.9 Å². The van der Waals surface area contributed by atoms with Crippen molar-refractivity contribution < 1.29 is 4.74 Å². The van der Waals surface area contributed by atoms with Crippen LogP contribution in [-0.2, 0) is 11.2 Å². The van der Waals surface area contributed by atoms with E-state index in [1.165, 1.54) is 37.7 Å². The van der Waals surface area contributed by atoms with Crippen molar-refractivity contribution >= 4 is 5.96 Å². The SMILES string of the molecule is CN=C(NCCCc1ccccc1)NC1C2CCOC2C12CCCC2. The average molecular weight is 341 g/mol. The smallest absolute Gasteiger partial charge is 0.191 e. The molecule has 3 aliphatic rings. The molecule has 4 heteroatoms. The number of aryl methyl sites for hydroxylation is 1. The first-order valence-electron chi connectivity index (χ1n) is 9.96. The first-order chi connectivity index (χ1) is 12.3. The Morgan fingerprint density at radius 2 is 2.04 bits per heavy atom. The zero-order chi connectivity index (χ0) is 17.1. The van der Waals surface area contributed by atoms with Gasteiger partial charge in [-0.3, -0.25) is 4.99 Å². The van der Waals surface area contributed by atoms with Gasteiger partial charge in [-0.2, -0.15) is 0 Å². The highest BCUT2D eigenvalue weighted by Gasteiger charge is 2.65. The minimum atomic E-state index is 0.378. The normalized spacial score (nSPS) is 30.1. The fourth-order valence-corrected chi connectivity index (χ4v) is 5.39. The Labute approximate surface area is 151 Å². The maximum atomic E-state index is 6.08. The second-order valence-corrected chi connectivity index (χ2v) is 7.89. The molecule has 136 valence electrons. The lowest BCUT2D eigenvalue weighted by Crippen LogP contribution is -2.69. The van der Waals surface area contributed by atoms with E-state index in [2.05, 4.69) is 46.0 Å². The Kier molecular flexibility index (Phi) is 4.98. The summed E-state index contributed by atoms with van der Waals surface area (Å²) < 4.78 is 6.08. The van der Waals surface area contributed by atoms with Gasteiger partial charge in [0.05, 0.1) is 6.10 Å². The number of ether oxygens (including phenoxy) is 1. The van der Waals surface area contributed by atoms with Gasteiger partial charge in [0, 0.05) is 37.6 Å². The molecule has 0 amide bonds. The van der Waals surface area contributed by atoms with Gasteiger partial charge in [0.15, 0.2) is 5.96 Å². The molecule has 2 aliphatic carbocycles. The number of hydrogen-bond acceptors (Lipinski definition) is 2. The molecule has 4 rings (SSSR count). The number of benzene rings is 1. The van der Waals surface area contributed by atoms with Gasteiger partial charge in [-0.1, -0.05) is 43.2 Å². The Morgan fingerprint density at radius 1 is 1.24 bits per heavy atom. The molecule has 2 N–H and O–H groups in total. The van der Waals surface area contributed by atoms with Crippen LogP contribution in [0.3, 0.4) is 0 Å². The quantitative estimate of drug-likeness (QED) is 0.491. The largest absolute Gasteiger partial charge is 0.377 e. The summed E-state index contributed by atoms with van der Waals surface area (Å²) in [5.74, 6) is 1.65. The third-order valence-electron chi connectivity index (χ3n) is 6.58. The Balaban J connectivity index is 1.28. The third-order valence-corrected chi connectivity index (χ3v) is 6.58. The molecule has 2 saturated carbocycles. The molecule has 1 heterocycles. The van der Waals surface area contributed by atoms with Crippen LogP contribution in [0.15, 0.2) is 35.3 Å². The molecule has 0 aromatic heterocycles. The minimum Gasteiger partial charge on any atom is -0.377 e. The van der Waals surface area contributed by atoms with E-state index in [0.717, 1.165) is 32.0 Å². The van der Waals surface area contributed by atoms with Gasteiger partial charge in [-0.05, 0) is 37.7 Å². The van der Waals surface area contributed by atoms with Crippen LogP contribution in [0.5, 0.6) is 0 Å². The van der Waals surface area contributed by atoms with E-state index in [4.69, 9.17) is 4.74 Å². The van der Waals surface area contributed by atoms with Crippen LogP contribution in [0.25, 0.3) is 0 Å². The molecule has 1 spiro atoms. The first-order valence-corrected chi connectivity index (χ1v) is 9.96. The highest BCUT2D eigenvalue weighted by atomic mass is 16.5. The Morgan fingerprint density at radius 3 is 2.80 bits per heavy atom. The molecule has 1 aromatic carbocycles. The topological polar surface area (TPSA) is 45.7 Å². The van der Waals surface area contributed by atoms with Gasteiger partial charge >= 0.3 is 0 Å². The van der Waals surface area contributed by atoms with Crippen LogP contribution < -0.4 is 10.6 Å². The van der Waals surface area contributed by atoms with Crippen molar-refractivity contribution in [2.45, 2.75) is 57.1 Å². The van der Waals surface area contributed by atoms with Crippen molar-refractivity contribution in [3.63, 3.8) is 0 Å². The van der Waals surface area contributed by atoms with Gasteiger partial charge in [0.2, 0.25) is 0 Å². The van der Waals surface area contributed by atoms with Crippen molar-refractivity contribution in [2.24, 2.45) is 16.3 Å². The average Bonchev–Trinajstić information content (AvgIpc) is 3.31. The number of rotatable bonds is 5. The van der Waals surface area contributed by atoms with E-state index < -0.39 is 0 Å². The highest BCUT2D eigenvalue weighted by Crippen LogP contribution is 2.60.